The highest BCUT2D eigenvalue weighted by Crippen LogP contribution is 2.32. The first-order valence-electron chi connectivity index (χ1n) is 12.2. The fourth-order valence-electron chi connectivity index (χ4n) is 4.45. The quantitative estimate of drug-likeness (QED) is 0.364. The van der Waals surface area contributed by atoms with Crippen molar-refractivity contribution in [2.75, 3.05) is 19.0 Å². The van der Waals surface area contributed by atoms with Crippen molar-refractivity contribution in [2.24, 2.45) is 4.99 Å². The number of nitrogens with zero attached hydrogens (tertiary/aromatic N) is 2. The van der Waals surface area contributed by atoms with E-state index in [1.807, 2.05) is 72.8 Å². The molecule has 4 aromatic rings. The van der Waals surface area contributed by atoms with Gasteiger partial charge in [0.2, 0.25) is 0 Å². The summed E-state index contributed by atoms with van der Waals surface area (Å²) in [5.74, 6) is 3.32. The van der Waals surface area contributed by atoms with Crippen LogP contribution in [-0.2, 0) is 4.79 Å². The number of aromatic nitrogens is 1. The molecule has 1 atom stereocenters. The summed E-state index contributed by atoms with van der Waals surface area (Å²) in [7, 11) is 1.58. The second-order valence-electron chi connectivity index (χ2n) is 8.71. The number of carbonyl (C=O) groups is 1. The molecule has 0 bridgehead atoms. The molecule has 1 aromatic heterocycles. The Morgan fingerprint density at radius 2 is 1.90 bits per heavy atom. The third-order valence-corrected chi connectivity index (χ3v) is 7.21. The van der Waals surface area contributed by atoms with Gasteiger partial charge in [0, 0.05) is 11.3 Å². The number of hydrogen-bond acceptors (Lipinski definition) is 6. The molecule has 7 nitrogen and oxygen atoms in total. The second kappa shape index (κ2) is 11.3. The zero-order valence-corrected chi connectivity index (χ0v) is 22.2. The Balaban J connectivity index is 1.68. The SMILES string of the molecule is C#CCOc1ccccc1/C=c1\sc2n(c1=O)[C@H](c1cccc(OC)c1)C(C(=O)Nc1ccccc1)=C(C)N=2. The Morgan fingerprint density at radius 3 is 2.67 bits per heavy atom. The van der Waals surface area contributed by atoms with E-state index in [1.165, 1.54) is 11.3 Å². The van der Waals surface area contributed by atoms with E-state index in [2.05, 4.69) is 11.2 Å². The number of nitrogens with one attached hydrogen (secondary N) is 1. The summed E-state index contributed by atoms with van der Waals surface area (Å²) in [6.07, 6.45) is 7.13. The van der Waals surface area contributed by atoms with Crippen LogP contribution in [0.2, 0.25) is 0 Å². The Hall–Kier alpha value is -4.87. The monoisotopic (exact) mass is 535 g/mol. The zero-order chi connectivity index (χ0) is 27.4. The highest BCUT2D eigenvalue weighted by molar-refractivity contribution is 7.07. The molecular weight excluding hydrogens is 510 g/mol. The number of rotatable bonds is 7. The lowest BCUT2D eigenvalue weighted by atomic mass is 9.95. The number of anilines is 1. The minimum Gasteiger partial charge on any atom is -0.497 e. The van der Waals surface area contributed by atoms with E-state index in [4.69, 9.17) is 20.9 Å². The summed E-state index contributed by atoms with van der Waals surface area (Å²) in [5.41, 5.74) is 2.73. The van der Waals surface area contributed by atoms with Gasteiger partial charge in [-0.25, -0.2) is 4.99 Å². The number of ether oxygens (including phenoxy) is 2. The van der Waals surface area contributed by atoms with Gasteiger partial charge in [-0.05, 0) is 48.9 Å². The van der Waals surface area contributed by atoms with Crippen LogP contribution in [0, 0.1) is 12.3 Å². The first kappa shape index (κ1) is 25.8. The largest absolute Gasteiger partial charge is 0.497 e. The molecule has 0 spiro atoms. The summed E-state index contributed by atoms with van der Waals surface area (Å²) in [6, 6.07) is 23.2. The van der Waals surface area contributed by atoms with Gasteiger partial charge in [0.25, 0.3) is 11.5 Å². The van der Waals surface area contributed by atoms with Crippen molar-refractivity contribution in [1.82, 2.24) is 4.57 Å². The van der Waals surface area contributed by atoms with E-state index in [9.17, 15) is 9.59 Å². The number of carbonyl (C=O) groups excluding carboxylic acids is 1. The molecular formula is C31H25N3O4S. The first-order valence-corrected chi connectivity index (χ1v) is 13.0. The lowest BCUT2D eigenvalue weighted by molar-refractivity contribution is -0.113. The molecule has 1 amide bonds. The lowest BCUT2D eigenvalue weighted by Gasteiger charge is -2.25. The van der Waals surface area contributed by atoms with Crippen molar-refractivity contribution < 1.29 is 14.3 Å². The maximum absolute atomic E-state index is 13.9. The molecule has 0 fully saturated rings. The van der Waals surface area contributed by atoms with Crippen LogP contribution >= 0.6 is 11.3 Å². The van der Waals surface area contributed by atoms with Crippen LogP contribution in [0.4, 0.5) is 5.69 Å². The smallest absolute Gasteiger partial charge is 0.271 e. The molecule has 2 heterocycles. The molecule has 1 aliphatic rings. The van der Waals surface area contributed by atoms with Gasteiger partial charge in [-0.15, -0.1) is 6.42 Å². The lowest BCUT2D eigenvalue weighted by Crippen LogP contribution is -2.40. The van der Waals surface area contributed by atoms with E-state index < -0.39 is 6.04 Å². The van der Waals surface area contributed by atoms with Crippen molar-refractivity contribution in [3.05, 3.63) is 121 Å². The minimum absolute atomic E-state index is 0.112. The van der Waals surface area contributed by atoms with Crippen molar-refractivity contribution in [2.45, 2.75) is 13.0 Å². The third-order valence-electron chi connectivity index (χ3n) is 6.22. The predicted molar refractivity (Wildman–Crippen MR) is 153 cm³/mol. The number of terminal acetylenes is 1. The summed E-state index contributed by atoms with van der Waals surface area (Å²) < 4.78 is 13.1. The molecule has 1 N–H and O–H groups in total. The van der Waals surface area contributed by atoms with Crippen molar-refractivity contribution in [3.63, 3.8) is 0 Å². The van der Waals surface area contributed by atoms with Crippen molar-refractivity contribution >= 4 is 29.0 Å². The highest BCUT2D eigenvalue weighted by Gasteiger charge is 2.32. The van der Waals surface area contributed by atoms with Crippen LogP contribution < -0.4 is 29.7 Å². The number of amides is 1. The number of methoxy groups -OCH3 is 1. The molecule has 0 saturated carbocycles. The highest BCUT2D eigenvalue weighted by atomic mass is 32.1. The van der Waals surface area contributed by atoms with Gasteiger partial charge in [-0.2, -0.15) is 0 Å². The standard InChI is InChI=1S/C31H25N3O4S/c1-4-17-38-25-16-9-8-11-21(25)19-26-30(36)34-28(22-12-10-15-24(18-22)37-3)27(20(2)32-31(34)39-26)29(35)33-23-13-6-5-7-14-23/h1,5-16,18-19,28H,17H2,2-3H3,(H,33,35)/b26-19-/t28-/m1/s1. The Labute approximate surface area is 229 Å². The normalized spacial score (nSPS) is 14.7. The maximum atomic E-state index is 13.9. The Morgan fingerprint density at radius 1 is 1.13 bits per heavy atom. The Bertz CT molecular complexity index is 1800. The summed E-state index contributed by atoms with van der Waals surface area (Å²) in [5, 5.41) is 2.95. The molecule has 5 rings (SSSR count). The van der Waals surface area contributed by atoms with Crippen LogP contribution in [-0.4, -0.2) is 24.2 Å². The number of benzene rings is 3. The van der Waals surface area contributed by atoms with Gasteiger partial charge < -0.3 is 14.8 Å². The molecule has 39 heavy (non-hydrogen) atoms. The number of hydrogen-bond donors (Lipinski definition) is 1. The van der Waals surface area contributed by atoms with Crippen LogP contribution in [0.3, 0.4) is 0 Å². The molecule has 0 radical (unpaired) electrons. The average Bonchev–Trinajstić information content (AvgIpc) is 3.26. The second-order valence-corrected chi connectivity index (χ2v) is 9.72. The van der Waals surface area contributed by atoms with E-state index >= 15 is 0 Å². The molecule has 194 valence electrons. The predicted octanol–water partition coefficient (Wildman–Crippen LogP) is 3.89. The fraction of sp³-hybridized carbons (Fsp3) is 0.129. The number of allylic oxidation sites excluding steroid dienone is 1. The van der Waals surface area contributed by atoms with Crippen LogP contribution in [0.1, 0.15) is 24.1 Å². The fourth-order valence-corrected chi connectivity index (χ4v) is 5.49. The average molecular weight is 536 g/mol. The number of fused-ring (bicyclic) bond motifs is 1. The van der Waals surface area contributed by atoms with E-state index in [0.29, 0.717) is 43.4 Å². The van der Waals surface area contributed by atoms with Crippen molar-refractivity contribution in [1.29, 1.82) is 0 Å². The van der Waals surface area contributed by atoms with Gasteiger partial charge >= 0.3 is 0 Å². The van der Waals surface area contributed by atoms with E-state index in [1.54, 1.807) is 30.7 Å². The minimum atomic E-state index is -0.713. The van der Waals surface area contributed by atoms with Crippen LogP contribution in [0.15, 0.2) is 99.9 Å². The number of thiazole rings is 1. The molecule has 0 aliphatic carbocycles. The number of para-hydroxylation sites is 2. The zero-order valence-electron chi connectivity index (χ0n) is 21.4. The van der Waals surface area contributed by atoms with Crippen LogP contribution in [0.5, 0.6) is 11.5 Å². The first-order chi connectivity index (χ1) is 19.0. The molecule has 3 aromatic carbocycles. The molecule has 0 unspecified atom stereocenters. The van der Waals surface area contributed by atoms with Gasteiger partial charge in [-0.3, -0.25) is 14.2 Å². The summed E-state index contributed by atoms with van der Waals surface area (Å²) in [4.78, 5) is 32.8. The summed E-state index contributed by atoms with van der Waals surface area (Å²) in [6.45, 7) is 1.90. The van der Waals surface area contributed by atoms with Gasteiger partial charge in [-0.1, -0.05) is 65.8 Å². The van der Waals surface area contributed by atoms with Gasteiger partial charge in [0.05, 0.1) is 29.0 Å². The van der Waals surface area contributed by atoms with Gasteiger partial charge in [0.1, 0.15) is 18.1 Å². The van der Waals surface area contributed by atoms with E-state index in [0.717, 1.165) is 5.56 Å². The molecule has 0 saturated heterocycles. The van der Waals surface area contributed by atoms with Crippen molar-refractivity contribution in [3.8, 4) is 23.8 Å². The van der Waals surface area contributed by atoms with E-state index in [-0.39, 0.29) is 18.1 Å². The maximum Gasteiger partial charge on any atom is 0.271 e. The third kappa shape index (κ3) is 5.26. The summed E-state index contributed by atoms with van der Waals surface area (Å²) >= 11 is 1.25. The Kier molecular flexibility index (Phi) is 7.43. The van der Waals surface area contributed by atoms with Crippen LogP contribution in [0.25, 0.3) is 6.08 Å². The van der Waals surface area contributed by atoms with Gasteiger partial charge in [0.15, 0.2) is 4.80 Å². The topological polar surface area (TPSA) is 81.9 Å². The molecule has 1 aliphatic heterocycles. The molecule has 8 heteroatoms.